The van der Waals surface area contributed by atoms with Gasteiger partial charge in [0, 0.05) is 43.1 Å². The van der Waals surface area contributed by atoms with E-state index < -0.39 is 0 Å². The molecule has 2 aliphatic rings. The number of carbonyl (C=O) groups is 1. The summed E-state index contributed by atoms with van der Waals surface area (Å²) < 4.78 is 0. The summed E-state index contributed by atoms with van der Waals surface area (Å²) in [4.78, 5) is 26.0. The molecule has 1 saturated heterocycles. The number of halogens is 1. The van der Waals surface area contributed by atoms with Crippen LogP contribution in [0.1, 0.15) is 18.9 Å². The molecule has 0 saturated carbocycles. The molecule has 2 N–H and O–H groups in total. The highest BCUT2D eigenvalue weighted by atomic mass is 35.5. The first-order valence-electron chi connectivity index (χ1n) is 11.1. The van der Waals surface area contributed by atoms with Gasteiger partial charge in [-0.15, -0.1) is 0 Å². The van der Waals surface area contributed by atoms with Gasteiger partial charge in [0.2, 0.25) is 11.9 Å². The van der Waals surface area contributed by atoms with Gasteiger partial charge in [0.15, 0.2) is 5.82 Å². The summed E-state index contributed by atoms with van der Waals surface area (Å²) in [7, 11) is 2.07. The van der Waals surface area contributed by atoms with E-state index >= 15 is 0 Å². The summed E-state index contributed by atoms with van der Waals surface area (Å²) in [5, 5.41) is 6.91. The molecule has 0 spiro atoms. The number of amides is 1. The Bertz CT molecular complexity index is 1120. The fraction of sp³-hybridized carbons (Fsp3) is 0.320. The van der Waals surface area contributed by atoms with Gasteiger partial charge < -0.3 is 20.4 Å². The molecule has 1 amide bonds. The summed E-state index contributed by atoms with van der Waals surface area (Å²) in [6.07, 6.45) is 6.98. The molecule has 0 atom stereocenters. The summed E-state index contributed by atoms with van der Waals surface area (Å²) >= 11 is 6.39. The maximum absolute atomic E-state index is 13.0. The zero-order valence-electron chi connectivity index (χ0n) is 19.1. The Morgan fingerprint density at radius 2 is 1.97 bits per heavy atom. The number of nitrogens with one attached hydrogen (secondary N) is 2. The van der Waals surface area contributed by atoms with E-state index in [1.54, 1.807) is 6.20 Å². The lowest BCUT2D eigenvalue weighted by Gasteiger charge is -2.32. The van der Waals surface area contributed by atoms with E-state index in [9.17, 15) is 4.79 Å². The smallest absolute Gasteiger partial charge is 0.249 e. The molecule has 172 valence electrons. The molecule has 3 heterocycles. The van der Waals surface area contributed by atoms with E-state index in [1.165, 1.54) is 5.56 Å². The number of fused-ring (bicyclic) bond motifs is 4. The lowest BCUT2D eigenvalue weighted by Crippen LogP contribution is -2.47. The molecular formula is C25H29ClN6O. The van der Waals surface area contributed by atoms with Crippen molar-refractivity contribution >= 4 is 35.0 Å². The number of carbonyl (C=O) groups excluding carboxylic acids is 1. The molecule has 1 fully saturated rings. The number of aromatic nitrogens is 2. The first kappa shape index (κ1) is 23.0. The van der Waals surface area contributed by atoms with E-state index in [4.69, 9.17) is 11.6 Å². The molecule has 7 nitrogen and oxygen atoms in total. The number of nitrogens with zero attached hydrogens (tertiary/aromatic N) is 4. The van der Waals surface area contributed by atoms with Crippen molar-refractivity contribution in [2.45, 2.75) is 19.8 Å². The van der Waals surface area contributed by atoms with Crippen molar-refractivity contribution < 1.29 is 4.79 Å². The van der Waals surface area contributed by atoms with Gasteiger partial charge in [0.05, 0.1) is 6.20 Å². The van der Waals surface area contributed by atoms with Gasteiger partial charge in [-0.2, -0.15) is 4.98 Å². The van der Waals surface area contributed by atoms with E-state index in [0.717, 1.165) is 50.3 Å². The second kappa shape index (κ2) is 10.2. The van der Waals surface area contributed by atoms with E-state index in [-0.39, 0.29) is 5.91 Å². The molecule has 8 heteroatoms. The predicted octanol–water partition coefficient (Wildman–Crippen LogP) is 4.39. The average Bonchev–Trinajstić information content (AvgIpc) is 2.80. The molecule has 0 aliphatic carbocycles. The van der Waals surface area contributed by atoms with Gasteiger partial charge in [0.25, 0.3) is 0 Å². The summed E-state index contributed by atoms with van der Waals surface area (Å²) in [5.74, 6) is 0.928. The van der Waals surface area contributed by atoms with Crippen LogP contribution in [-0.4, -0.2) is 58.9 Å². The normalized spacial score (nSPS) is 19.2. The van der Waals surface area contributed by atoms with Crippen molar-refractivity contribution in [1.29, 1.82) is 0 Å². The standard InChI is InChI=1S/C25H29ClN6O/c1-17-7-8-19-5-4-6-20(15-19)29-25-27-16-22(26)23(30-25)28-21(13-17)14-18(2)24(33)32-11-9-31(3)10-12-32/h4-6,13-16H,1,7-12H2,2-3H3,(H2,27,28,29,30)/b18-14+,21-13+. The van der Waals surface area contributed by atoms with Crippen molar-refractivity contribution in [3.8, 4) is 0 Å². The van der Waals surface area contributed by atoms with Crippen molar-refractivity contribution in [2.24, 2.45) is 0 Å². The largest absolute Gasteiger partial charge is 0.339 e. The van der Waals surface area contributed by atoms with Gasteiger partial charge in [-0.3, -0.25) is 4.79 Å². The number of hydrogen-bond donors (Lipinski definition) is 2. The third kappa shape index (κ3) is 6.00. The van der Waals surface area contributed by atoms with Crippen LogP contribution in [0.2, 0.25) is 5.02 Å². The van der Waals surface area contributed by atoms with Crippen LogP contribution >= 0.6 is 11.6 Å². The van der Waals surface area contributed by atoms with Crippen molar-refractivity contribution in [1.82, 2.24) is 19.8 Å². The van der Waals surface area contributed by atoms with Crippen molar-refractivity contribution in [2.75, 3.05) is 43.9 Å². The third-order valence-corrected chi connectivity index (χ3v) is 6.06. The minimum atomic E-state index is 0.0338. The lowest BCUT2D eigenvalue weighted by atomic mass is 10.0. The maximum atomic E-state index is 13.0. The van der Waals surface area contributed by atoms with Crippen LogP contribution in [0.4, 0.5) is 17.5 Å². The van der Waals surface area contributed by atoms with Gasteiger partial charge >= 0.3 is 0 Å². The van der Waals surface area contributed by atoms with Gasteiger partial charge in [-0.25, -0.2) is 4.98 Å². The van der Waals surface area contributed by atoms with Crippen LogP contribution in [-0.2, 0) is 11.2 Å². The van der Waals surface area contributed by atoms with Gasteiger partial charge in [0.1, 0.15) is 5.02 Å². The molecule has 33 heavy (non-hydrogen) atoms. The fourth-order valence-electron chi connectivity index (χ4n) is 3.85. The number of allylic oxidation sites excluding steroid dienone is 3. The van der Waals surface area contributed by atoms with E-state index in [1.807, 2.05) is 36.1 Å². The highest BCUT2D eigenvalue weighted by Crippen LogP contribution is 2.25. The molecule has 4 rings (SSSR count). The molecule has 0 unspecified atom stereocenters. The predicted molar refractivity (Wildman–Crippen MR) is 134 cm³/mol. The Kier molecular flexibility index (Phi) is 7.11. The monoisotopic (exact) mass is 464 g/mol. The van der Waals surface area contributed by atoms with Crippen LogP contribution in [0.25, 0.3) is 0 Å². The van der Waals surface area contributed by atoms with Crippen LogP contribution in [0.3, 0.4) is 0 Å². The number of anilines is 3. The minimum Gasteiger partial charge on any atom is -0.339 e. The number of aryl methyl sites for hydroxylation is 1. The minimum absolute atomic E-state index is 0.0338. The Hall–Kier alpha value is -3.16. The second-order valence-electron chi connectivity index (χ2n) is 8.52. The zero-order chi connectivity index (χ0) is 23.4. The summed E-state index contributed by atoms with van der Waals surface area (Å²) in [6, 6.07) is 8.16. The highest BCUT2D eigenvalue weighted by Gasteiger charge is 2.20. The zero-order valence-corrected chi connectivity index (χ0v) is 19.8. The van der Waals surface area contributed by atoms with Gasteiger partial charge in [-0.05, 0) is 56.7 Å². The molecule has 2 aromatic rings. The summed E-state index contributed by atoms with van der Waals surface area (Å²) in [6.45, 7) is 9.28. The van der Waals surface area contributed by atoms with E-state index in [0.29, 0.717) is 28.1 Å². The molecule has 4 bridgehead atoms. The SMILES string of the molecule is C=C1/C=C(\C=C(/C)C(=O)N2CCN(C)CC2)Nc2nc(ncc2Cl)Nc2cccc(c2)CC1. The van der Waals surface area contributed by atoms with E-state index in [2.05, 4.69) is 51.3 Å². The molecular weight excluding hydrogens is 436 g/mol. The number of likely N-dealkylation sites (N-methyl/N-ethyl adjacent to an activating group) is 1. The third-order valence-electron chi connectivity index (χ3n) is 5.78. The summed E-state index contributed by atoms with van der Waals surface area (Å²) in [5.41, 5.74) is 4.39. The number of rotatable bonds is 2. The van der Waals surface area contributed by atoms with Crippen molar-refractivity contribution in [3.05, 3.63) is 76.6 Å². The van der Waals surface area contributed by atoms with Crippen molar-refractivity contribution in [3.63, 3.8) is 0 Å². The van der Waals surface area contributed by atoms with Crippen LogP contribution in [0.5, 0.6) is 0 Å². The van der Waals surface area contributed by atoms with Crippen LogP contribution < -0.4 is 10.6 Å². The Balaban J connectivity index is 1.65. The number of hydrogen-bond acceptors (Lipinski definition) is 6. The molecule has 0 radical (unpaired) electrons. The van der Waals surface area contributed by atoms with Crippen LogP contribution in [0.15, 0.2) is 66.0 Å². The number of piperazine rings is 1. The Morgan fingerprint density at radius 1 is 1.18 bits per heavy atom. The Morgan fingerprint density at radius 3 is 2.76 bits per heavy atom. The molecule has 2 aliphatic heterocycles. The molecule has 1 aromatic heterocycles. The average molecular weight is 465 g/mol. The molecule has 1 aromatic carbocycles. The second-order valence-corrected chi connectivity index (χ2v) is 8.93. The number of benzene rings is 1. The maximum Gasteiger partial charge on any atom is 0.249 e. The Labute approximate surface area is 199 Å². The fourth-order valence-corrected chi connectivity index (χ4v) is 3.99. The first-order valence-corrected chi connectivity index (χ1v) is 11.5. The van der Waals surface area contributed by atoms with Gasteiger partial charge in [-0.1, -0.05) is 35.9 Å². The topological polar surface area (TPSA) is 73.4 Å². The van der Waals surface area contributed by atoms with Crippen LogP contribution in [0, 0.1) is 0 Å². The highest BCUT2D eigenvalue weighted by molar-refractivity contribution is 6.32. The quantitative estimate of drug-likeness (QED) is 0.642. The first-order chi connectivity index (χ1) is 15.9. The lowest BCUT2D eigenvalue weighted by molar-refractivity contribution is -0.128.